The van der Waals surface area contributed by atoms with Crippen LogP contribution in [0.4, 0.5) is 0 Å². The van der Waals surface area contributed by atoms with Crippen LogP contribution in [0.15, 0.2) is 14.9 Å². The van der Waals surface area contributed by atoms with Crippen LogP contribution in [0.1, 0.15) is 29.2 Å². The number of aliphatic hydroxyl groups excluding tert-OH is 1. The molecule has 0 aliphatic heterocycles. The second kappa shape index (κ2) is 3.74. The molecule has 0 saturated heterocycles. The van der Waals surface area contributed by atoms with Gasteiger partial charge in [-0.25, -0.2) is 4.98 Å². The zero-order chi connectivity index (χ0) is 12.0. The molecular weight excluding hydrogens is 218 g/mol. The lowest BCUT2D eigenvalue weighted by Crippen LogP contribution is -2.16. The van der Waals surface area contributed by atoms with Gasteiger partial charge in [-0.15, -0.1) is 0 Å². The summed E-state index contributed by atoms with van der Waals surface area (Å²) >= 11 is 0. The Labute approximate surface area is 99.3 Å². The lowest BCUT2D eigenvalue weighted by molar-refractivity contribution is 0.150. The fourth-order valence-electron chi connectivity index (χ4n) is 2.17. The third-order valence-corrected chi connectivity index (χ3v) is 3.30. The third kappa shape index (κ3) is 1.78. The number of aryl methyl sites for hydroxylation is 3. The zero-order valence-electron chi connectivity index (χ0n) is 9.99. The van der Waals surface area contributed by atoms with Gasteiger partial charge in [-0.3, -0.25) is 0 Å². The first-order valence-corrected chi connectivity index (χ1v) is 5.87. The van der Waals surface area contributed by atoms with Crippen LogP contribution in [0.3, 0.4) is 0 Å². The molecule has 1 N–H and O–H groups in total. The van der Waals surface area contributed by atoms with Gasteiger partial charge in [-0.05, 0) is 38.3 Å². The molecule has 1 aliphatic rings. The molecule has 0 amide bonds. The van der Waals surface area contributed by atoms with Crippen molar-refractivity contribution in [2.45, 2.75) is 39.2 Å². The van der Waals surface area contributed by atoms with E-state index < -0.39 is 0 Å². The van der Waals surface area contributed by atoms with Gasteiger partial charge >= 0.3 is 0 Å². The largest absolute Gasteiger partial charge is 0.456 e. The van der Waals surface area contributed by atoms with Gasteiger partial charge in [0.15, 0.2) is 5.76 Å². The Hall–Kier alpha value is -1.55. The first kappa shape index (κ1) is 10.6. The minimum absolute atomic E-state index is 0.283. The summed E-state index contributed by atoms with van der Waals surface area (Å²) in [6.07, 6.45) is 1.97. The summed E-state index contributed by atoms with van der Waals surface area (Å²) in [5.74, 6) is 2.88. The molecule has 4 nitrogen and oxygen atoms in total. The van der Waals surface area contributed by atoms with Crippen molar-refractivity contribution in [3.05, 3.63) is 28.8 Å². The van der Waals surface area contributed by atoms with E-state index >= 15 is 0 Å². The van der Waals surface area contributed by atoms with Crippen LogP contribution in [0.5, 0.6) is 0 Å². The fraction of sp³-hybridized carbons (Fsp3) is 0.462. The molecular formula is C13H15NO3. The molecule has 0 spiro atoms. The van der Waals surface area contributed by atoms with Crippen LogP contribution in [-0.2, 0) is 12.8 Å². The summed E-state index contributed by atoms with van der Waals surface area (Å²) in [7, 11) is 0. The lowest BCUT2D eigenvalue weighted by atomic mass is 9.96. The van der Waals surface area contributed by atoms with Crippen molar-refractivity contribution in [3.8, 4) is 11.7 Å². The predicted octanol–water partition coefficient (Wildman–Crippen LogP) is 2.40. The van der Waals surface area contributed by atoms with E-state index in [0.717, 1.165) is 30.1 Å². The molecule has 0 bridgehead atoms. The Morgan fingerprint density at radius 3 is 2.88 bits per heavy atom. The number of hydrogen-bond acceptors (Lipinski definition) is 4. The highest BCUT2D eigenvalue weighted by Gasteiger charge is 2.23. The molecule has 17 heavy (non-hydrogen) atoms. The molecule has 1 aliphatic carbocycles. The number of nitrogens with zero attached hydrogens (tertiary/aromatic N) is 1. The first-order valence-electron chi connectivity index (χ1n) is 5.87. The number of furan rings is 1. The normalized spacial score (nSPS) is 19.4. The summed E-state index contributed by atoms with van der Waals surface area (Å²) < 4.78 is 11.3. The van der Waals surface area contributed by atoms with E-state index in [1.165, 1.54) is 5.56 Å². The summed E-state index contributed by atoms with van der Waals surface area (Å²) in [5, 5.41) is 9.58. The number of aliphatic hydroxyl groups is 1. The highest BCUT2D eigenvalue weighted by atomic mass is 16.4. The lowest BCUT2D eigenvalue weighted by Gasteiger charge is -2.14. The molecule has 2 aromatic rings. The third-order valence-electron chi connectivity index (χ3n) is 3.30. The number of aromatic nitrogens is 1. The van der Waals surface area contributed by atoms with Crippen molar-refractivity contribution in [2.24, 2.45) is 0 Å². The standard InChI is InChI=1S/C13H15NO3/c1-7-8(2)16-13(14-7)12-5-9-3-4-10(15)6-11(9)17-12/h5,10,15H,3-4,6H2,1-2H3. The fourth-order valence-corrected chi connectivity index (χ4v) is 2.17. The van der Waals surface area contributed by atoms with Gasteiger partial charge in [0, 0.05) is 6.42 Å². The number of rotatable bonds is 1. The van der Waals surface area contributed by atoms with E-state index in [1.54, 1.807) is 0 Å². The molecule has 2 heterocycles. The molecule has 3 rings (SSSR count). The van der Waals surface area contributed by atoms with E-state index in [0.29, 0.717) is 18.1 Å². The Bertz CT molecular complexity index is 534. The number of fused-ring (bicyclic) bond motifs is 1. The topological polar surface area (TPSA) is 59.4 Å². The maximum absolute atomic E-state index is 9.58. The van der Waals surface area contributed by atoms with Crippen molar-refractivity contribution >= 4 is 0 Å². The minimum atomic E-state index is -0.283. The van der Waals surface area contributed by atoms with E-state index in [-0.39, 0.29) is 6.10 Å². The van der Waals surface area contributed by atoms with Crippen molar-refractivity contribution in [1.29, 1.82) is 0 Å². The van der Waals surface area contributed by atoms with Crippen molar-refractivity contribution in [2.75, 3.05) is 0 Å². The molecule has 1 unspecified atom stereocenters. The average Bonchev–Trinajstić information content (AvgIpc) is 2.83. The quantitative estimate of drug-likeness (QED) is 0.821. The summed E-state index contributed by atoms with van der Waals surface area (Å²) in [5.41, 5.74) is 2.05. The minimum Gasteiger partial charge on any atom is -0.456 e. The van der Waals surface area contributed by atoms with Gasteiger partial charge in [0.1, 0.15) is 11.5 Å². The molecule has 1 atom stereocenters. The van der Waals surface area contributed by atoms with E-state index in [4.69, 9.17) is 8.83 Å². The van der Waals surface area contributed by atoms with Gasteiger partial charge < -0.3 is 13.9 Å². The van der Waals surface area contributed by atoms with Crippen molar-refractivity contribution in [1.82, 2.24) is 4.98 Å². The van der Waals surface area contributed by atoms with Crippen LogP contribution in [0.25, 0.3) is 11.7 Å². The van der Waals surface area contributed by atoms with Gasteiger partial charge in [-0.2, -0.15) is 0 Å². The highest BCUT2D eigenvalue weighted by molar-refractivity contribution is 5.49. The monoisotopic (exact) mass is 233 g/mol. The SMILES string of the molecule is Cc1nc(-c2cc3c(o2)CC(O)CC3)oc1C. The summed E-state index contributed by atoms with van der Waals surface area (Å²) in [4.78, 5) is 4.32. The van der Waals surface area contributed by atoms with Crippen LogP contribution >= 0.6 is 0 Å². The van der Waals surface area contributed by atoms with E-state index in [2.05, 4.69) is 4.98 Å². The van der Waals surface area contributed by atoms with E-state index in [1.807, 2.05) is 19.9 Å². The Morgan fingerprint density at radius 1 is 1.35 bits per heavy atom. The van der Waals surface area contributed by atoms with Crippen LogP contribution in [-0.4, -0.2) is 16.2 Å². The van der Waals surface area contributed by atoms with Gasteiger partial charge in [-0.1, -0.05) is 0 Å². The molecule has 0 aromatic carbocycles. The van der Waals surface area contributed by atoms with Crippen molar-refractivity contribution < 1.29 is 13.9 Å². The maximum Gasteiger partial charge on any atom is 0.263 e. The first-order chi connectivity index (χ1) is 8.13. The average molecular weight is 233 g/mol. The molecule has 0 saturated carbocycles. The second-order valence-corrected chi connectivity index (χ2v) is 4.62. The predicted molar refractivity (Wildman–Crippen MR) is 61.7 cm³/mol. The van der Waals surface area contributed by atoms with E-state index in [9.17, 15) is 5.11 Å². The summed E-state index contributed by atoms with van der Waals surface area (Å²) in [6, 6.07) is 1.98. The molecule has 0 fully saturated rings. The Morgan fingerprint density at radius 2 is 2.18 bits per heavy atom. The van der Waals surface area contributed by atoms with Crippen LogP contribution in [0, 0.1) is 13.8 Å². The molecule has 4 heteroatoms. The maximum atomic E-state index is 9.58. The Balaban J connectivity index is 1.99. The molecule has 90 valence electrons. The summed E-state index contributed by atoms with van der Waals surface area (Å²) in [6.45, 7) is 3.80. The van der Waals surface area contributed by atoms with Crippen LogP contribution < -0.4 is 0 Å². The molecule has 0 radical (unpaired) electrons. The number of oxazole rings is 1. The van der Waals surface area contributed by atoms with Gasteiger partial charge in [0.25, 0.3) is 5.89 Å². The van der Waals surface area contributed by atoms with Crippen molar-refractivity contribution in [3.63, 3.8) is 0 Å². The Kier molecular flexibility index (Phi) is 2.33. The number of hydrogen-bond donors (Lipinski definition) is 1. The smallest absolute Gasteiger partial charge is 0.263 e. The molecule has 2 aromatic heterocycles. The van der Waals surface area contributed by atoms with Gasteiger partial charge in [0.05, 0.1) is 11.8 Å². The van der Waals surface area contributed by atoms with Crippen LogP contribution in [0.2, 0.25) is 0 Å². The second-order valence-electron chi connectivity index (χ2n) is 4.62. The van der Waals surface area contributed by atoms with Gasteiger partial charge in [0.2, 0.25) is 0 Å². The zero-order valence-corrected chi connectivity index (χ0v) is 9.99. The highest BCUT2D eigenvalue weighted by Crippen LogP contribution is 2.31.